The molecule has 6 heteroatoms. The molecule has 0 radical (unpaired) electrons. The van der Waals surface area contributed by atoms with E-state index >= 15 is 0 Å². The van der Waals surface area contributed by atoms with Crippen molar-refractivity contribution >= 4 is 6.08 Å². The third kappa shape index (κ3) is 5.60. The van der Waals surface area contributed by atoms with E-state index in [0.717, 1.165) is 13.2 Å². The maximum atomic E-state index is 13.9. The van der Waals surface area contributed by atoms with Crippen LogP contribution in [0.4, 0.5) is 17.6 Å². The zero-order valence-corrected chi connectivity index (χ0v) is 14.7. The molecule has 0 aliphatic carbocycles. The smallest absolute Gasteiger partial charge is 0.200 e. The number of allylic oxidation sites excluding steroid dienone is 8. The van der Waals surface area contributed by atoms with Crippen molar-refractivity contribution in [1.29, 1.82) is 0 Å². The summed E-state index contributed by atoms with van der Waals surface area (Å²) in [6.07, 6.45) is 5.33. The molecule has 1 rings (SSSR count). The van der Waals surface area contributed by atoms with Crippen LogP contribution in [0.2, 0.25) is 0 Å². The average molecular weight is 378 g/mol. The lowest BCUT2D eigenvalue weighted by molar-refractivity contribution is 0.281. The maximum absolute atomic E-state index is 13.9. The highest BCUT2D eigenvalue weighted by atomic mass is 19.2. The summed E-state index contributed by atoms with van der Waals surface area (Å²) in [5, 5.41) is 9.07. The standard InChI is InChI=1S/C21H18F4O2/c1-12(7-9-16-10-11-17(26)21(25)20(16)24)6-8-13(2)14(3)18(22)19(23)15(4)27-5/h6-11,26H,1-4H2,5H3/b8-6-,9-7+,19-18-. The van der Waals surface area contributed by atoms with Crippen LogP contribution in [-0.2, 0) is 4.74 Å². The Labute approximate surface area is 155 Å². The maximum Gasteiger partial charge on any atom is 0.200 e. The Hall–Kier alpha value is -3.28. The molecule has 0 bridgehead atoms. The van der Waals surface area contributed by atoms with E-state index in [4.69, 9.17) is 5.11 Å². The Morgan fingerprint density at radius 2 is 1.59 bits per heavy atom. The molecule has 142 valence electrons. The highest BCUT2D eigenvalue weighted by molar-refractivity contribution is 5.57. The molecule has 0 aromatic heterocycles. The molecule has 0 saturated heterocycles. The number of phenols is 1. The van der Waals surface area contributed by atoms with Crippen molar-refractivity contribution in [3.05, 3.63) is 108 Å². The Morgan fingerprint density at radius 3 is 2.19 bits per heavy atom. The average Bonchev–Trinajstić information content (AvgIpc) is 2.67. The number of rotatable bonds is 8. The van der Waals surface area contributed by atoms with E-state index in [2.05, 4.69) is 31.1 Å². The number of ether oxygens (including phenoxy) is 1. The van der Waals surface area contributed by atoms with Gasteiger partial charge >= 0.3 is 0 Å². The third-order valence-corrected chi connectivity index (χ3v) is 3.40. The number of phenolic OH excluding ortho intramolecular Hbond substituents is 1. The van der Waals surface area contributed by atoms with Crippen LogP contribution in [0.1, 0.15) is 5.56 Å². The van der Waals surface area contributed by atoms with E-state index in [0.29, 0.717) is 5.57 Å². The lowest BCUT2D eigenvalue weighted by atomic mass is 10.1. The molecular weight excluding hydrogens is 360 g/mol. The molecule has 0 fully saturated rings. The predicted octanol–water partition coefficient (Wildman–Crippen LogP) is 6.22. The fourth-order valence-electron chi connectivity index (χ4n) is 1.73. The van der Waals surface area contributed by atoms with Crippen molar-refractivity contribution < 1.29 is 27.4 Å². The first-order valence-electron chi connectivity index (χ1n) is 7.49. The lowest BCUT2D eigenvalue weighted by Crippen LogP contribution is -1.93. The van der Waals surface area contributed by atoms with Crippen LogP contribution < -0.4 is 0 Å². The van der Waals surface area contributed by atoms with E-state index in [1.54, 1.807) is 0 Å². The topological polar surface area (TPSA) is 29.5 Å². The van der Waals surface area contributed by atoms with Crippen molar-refractivity contribution in [2.24, 2.45) is 0 Å². The highest BCUT2D eigenvalue weighted by Gasteiger charge is 2.15. The SMILES string of the molecule is C=C(/C=C\C(=C)C(=C)/C(F)=C(/F)C(=C)OC)/C=C/c1ccc(O)c(F)c1F. The van der Waals surface area contributed by atoms with Gasteiger partial charge in [-0.2, -0.15) is 8.78 Å². The zero-order valence-electron chi connectivity index (χ0n) is 14.7. The largest absolute Gasteiger partial charge is 0.505 e. The quantitative estimate of drug-likeness (QED) is 0.331. The van der Waals surface area contributed by atoms with Crippen LogP contribution in [0.15, 0.2) is 90.8 Å². The second-order valence-corrected chi connectivity index (χ2v) is 5.30. The van der Waals surface area contributed by atoms with Crippen LogP contribution >= 0.6 is 0 Å². The molecule has 0 atom stereocenters. The first-order valence-corrected chi connectivity index (χ1v) is 7.49. The summed E-state index contributed by atoms with van der Waals surface area (Å²) in [5.41, 5.74) is -0.0199. The van der Waals surface area contributed by atoms with Crippen LogP contribution in [-0.4, -0.2) is 12.2 Å². The van der Waals surface area contributed by atoms with Gasteiger partial charge in [0, 0.05) is 11.1 Å². The number of methoxy groups -OCH3 is 1. The number of hydrogen-bond donors (Lipinski definition) is 1. The van der Waals surface area contributed by atoms with E-state index in [9.17, 15) is 17.6 Å². The van der Waals surface area contributed by atoms with Crippen molar-refractivity contribution in [2.45, 2.75) is 0 Å². The minimum atomic E-state index is -1.36. The molecule has 0 spiro atoms. The second-order valence-electron chi connectivity index (χ2n) is 5.30. The fraction of sp³-hybridized carbons (Fsp3) is 0.0476. The number of benzene rings is 1. The van der Waals surface area contributed by atoms with E-state index in [1.807, 2.05) is 0 Å². The number of aromatic hydroxyl groups is 1. The molecule has 1 aromatic rings. The van der Waals surface area contributed by atoms with Crippen molar-refractivity contribution in [1.82, 2.24) is 0 Å². The molecule has 0 heterocycles. The Morgan fingerprint density at radius 1 is 0.963 bits per heavy atom. The molecular formula is C21H18F4O2. The second kappa shape index (κ2) is 9.43. The molecule has 0 saturated carbocycles. The molecule has 27 heavy (non-hydrogen) atoms. The summed E-state index contributed by atoms with van der Waals surface area (Å²) < 4.78 is 59.0. The van der Waals surface area contributed by atoms with Crippen LogP contribution in [0.25, 0.3) is 6.08 Å². The Balaban J connectivity index is 2.87. The molecule has 1 N–H and O–H groups in total. The summed E-state index contributed by atoms with van der Waals surface area (Å²) in [6, 6.07) is 2.20. The fourth-order valence-corrected chi connectivity index (χ4v) is 1.73. The van der Waals surface area contributed by atoms with Gasteiger partial charge in [0.2, 0.25) is 11.6 Å². The van der Waals surface area contributed by atoms with Gasteiger partial charge in [-0.1, -0.05) is 50.6 Å². The van der Waals surface area contributed by atoms with Crippen LogP contribution in [0, 0.1) is 11.6 Å². The molecule has 0 amide bonds. The monoisotopic (exact) mass is 378 g/mol. The van der Waals surface area contributed by atoms with Gasteiger partial charge in [0.1, 0.15) is 5.76 Å². The van der Waals surface area contributed by atoms with Gasteiger partial charge in [-0.25, -0.2) is 8.78 Å². The van der Waals surface area contributed by atoms with Gasteiger partial charge in [-0.3, -0.25) is 0 Å². The highest BCUT2D eigenvalue weighted by Crippen LogP contribution is 2.27. The Kier molecular flexibility index (Phi) is 7.60. The number of halogens is 4. The van der Waals surface area contributed by atoms with Crippen LogP contribution in [0.3, 0.4) is 0 Å². The van der Waals surface area contributed by atoms with Crippen molar-refractivity contribution in [3.63, 3.8) is 0 Å². The normalized spacial score (nSPS) is 12.2. The molecule has 0 aliphatic heterocycles. The summed E-state index contributed by atoms with van der Waals surface area (Å²) in [5.74, 6) is -6.40. The van der Waals surface area contributed by atoms with Gasteiger partial charge in [-0.15, -0.1) is 0 Å². The molecule has 0 unspecified atom stereocenters. The third-order valence-electron chi connectivity index (χ3n) is 3.40. The van der Waals surface area contributed by atoms with Gasteiger partial charge in [-0.05, 0) is 23.3 Å². The first kappa shape index (κ1) is 21.8. The van der Waals surface area contributed by atoms with Gasteiger partial charge in [0.25, 0.3) is 0 Å². The van der Waals surface area contributed by atoms with E-state index < -0.39 is 34.8 Å². The summed E-state index contributed by atoms with van der Waals surface area (Å²) in [4.78, 5) is 0. The van der Waals surface area contributed by atoms with Crippen LogP contribution in [0.5, 0.6) is 5.75 Å². The summed E-state index contributed by atoms with van der Waals surface area (Å²) in [7, 11) is 1.14. The summed E-state index contributed by atoms with van der Waals surface area (Å²) >= 11 is 0. The van der Waals surface area contributed by atoms with Gasteiger partial charge in [0.15, 0.2) is 17.4 Å². The zero-order chi connectivity index (χ0) is 20.7. The van der Waals surface area contributed by atoms with E-state index in [1.165, 1.54) is 30.4 Å². The van der Waals surface area contributed by atoms with Gasteiger partial charge < -0.3 is 9.84 Å². The first-order chi connectivity index (χ1) is 12.6. The molecule has 0 aliphatic rings. The Bertz CT molecular complexity index is 890. The number of hydrogen-bond acceptors (Lipinski definition) is 2. The van der Waals surface area contributed by atoms with Crippen molar-refractivity contribution in [2.75, 3.05) is 7.11 Å². The molecule has 1 aromatic carbocycles. The van der Waals surface area contributed by atoms with Gasteiger partial charge in [0.05, 0.1) is 7.11 Å². The van der Waals surface area contributed by atoms with Crippen molar-refractivity contribution in [3.8, 4) is 5.75 Å². The minimum Gasteiger partial charge on any atom is -0.505 e. The predicted molar refractivity (Wildman–Crippen MR) is 99.0 cm³/mol. The summed E-state index contributed by atoms with van der Waals surface area (Å²) in [6.45, 7) is 13.8. The minimum absolute atomic E-state index is 0.0583. The van der Waals surface area contributed by atoms with E-state index in [-0.39, 0.29) is 16.7 Å². The molecule has 2 nitrogen and oxygen atoms in total. The lowest BCUT2D eigenvalue weighted by Gasteiger charge is -2.06.